The van der Waals surface area contributed by atoms with Crippen LogP contribution in [0.5, 0.6) is 5.75 Å². The van der Waals surface area contributed by atoms with Gasteiger partial charge in [0.05, 0.1) is 11.4 Å². The van der Waals surface area contributed by atoms with Gasteiger partial charge in [0.2, 0.25) is 0 Å². The Bertz CT molecular complexity index is 915. The van der Waals surface area contributed by atoms with Crippen molar-refractivity contribution in [1.29, 1.82) is 0 Å². The Balaban J connectivity index is 0.00000280. The molecule has 0 bridgehead atoms. The molecule has 1 aliphatic heterocycles. The van der Waals surface area contributed by atoms with E-state index in [4.69, 9.17) is 4.74 Å². The van der Waals surface area contributed by atoms with Gasteiger partial charge in [-0.2, -0.15) is 0 Å². The molecule has 2 aromatic rings. The molecule has 0 radical (unpaired) electrons. The number of fused-ring (bicyclic) bond motifs is 1. The van der Waals surface area contributed by atoms with Crippen LogP contribution < -0.4 is 10.1 Å². The van der Waals surface area contributed by atoms with E-state index in [0.29, 0.717) is 23.8 Å². The minimum atomic E-state index is -3.18. The number of ether oxygens (including phenoxy) is 1. The van der Waals surface area contributed by atoms with E-state index in [1.165, 1.54) is 17.4 Å². The Morgan fingerprint density at radius 3 is 2.46 bits per heavy atom. The van der Waals surface area contributed by atoms with Crippen LogP contribution in [0.25, 0.3) is 0 Å². The van der Waals surface area contributed by atoms with Crippen molar-refractivity contribution in [3.8, 4) is 5.75 Å². The molecule has 0 fully saturated rings. The summed E-state index contributed by atoms with van der Waals surface area (Å²) in [5.74, 6) is 1.51. The highest BCUT2D eigenvalue weighted by molar-refractivity contribution is 14.0. The lowest BCUT2D eigenvalue weighted by molar-refractivity contribution is 0.315. The van der Waals surface area contributed by atoms with Crippen molar-refractivity contribution >= 4 is 39.8 Å². The summed E-state index contributed by atoms with van der Waals surface area (Å²) in [6.45, 7) is 2.86. The second-order valence-corrected chi connectivity index (χ2v) is 8.52. The predicted octanol–water partition coefficient (Wildman–Crippen LogP) is 2.72. The summed E-state index contributed by atoms with van der Waals surface area (Å²) in [5, 5.41) is 3.33. The van der Waals surface area contributed by atoms with E-state index >= 15 is 0 Å². The van der Waals surface area contributed by atoms with Crippen LogP contribution in [0.3, 0.4) is 0 Å². The molecule has 0 amide bonds. The van der Waals surface area contributed by atoms with Gasteiger partial charge in [-0.25, -0.2) is 8.42 Å². The maximum absolute atomic E-state index is 11.5. The molecule has 28 heavy (non-hydrogen) atoms. The molecule has 0 aromatic heterocycles. The fourth-order valence-electron chi connectivity index (χ4n) is 3.12. The zero-order valence-corrected chi connectivity index (χ0v) is 19.2. The number of nitrogens with one attached hydrogen (secondary N) is 1. The Morgan fingerprint density at radius 1 is 1.14 bits per heavy atom. The van der Waals surface area contributed by atoms with Crippen LogP contribution in [-0.4, -0.2) is 52.3 Å². The number of guanidine groups is 1. The van der Waals surface area contributed by atoms with E-state index in [2.05, 4.69) is 39.5 Å². The van der Waals surface area contributed by atoms with Crippen molar-refractivity contribution in [2.45, 2.75) is 17.9 Å². The van der Waals surface area contributed by atoms with Crippen LogP contribution in [-0.2, 0) is 22.8 Å². The lowest BCUT2D eigenvalue weighted by Gasteiger charge is -2.31. The van der Waals surface area contributed by atoms with Gasteiger partial charge in [0.1, 0.15) is 12.4 Å². The number of benzene rings is 2. The quantitative estimate of drug-likeness (QED) is 0.287. The second kappa shape index (κ2) is 10.1. The highest BCUT2D eigenvalue weighted by Gasteiger charge is 2.18. The first kappa shape index (κ1) is 22.5. The van der Waals surface area contributed by atoms with Crippen LogP contribution >= 0.6 is 24.0 Å². The zero-order valence-electron chi connectivity index (χ0n) is 16.1. The molecule has 0 aliphatic carbocycles. The van der Waals surface area contributed by atoms with Crippen molar-refractivity contribution < 1.29 is 13.2 Å². The average Bonchev–Trinajstić information content (AvgIpc) is 2.67. The third-order valence-corrected chi connectivity index (χ3v) is 5.68. The number of halogens is 1. The molecular formula is C20H26IN3O3S. The molecule has 2 aromatic carbocycles. The minimum absolute atomic E-state index is 0. The van der Waals surface area contributed by atoms with Gasteiger partial charge < -0.3 is 15.0 Å². The predicted molar refractivity (Wildman–Crippen MR) is 122 cm³/mol. The lowest BCUT2D eigenvalue weighted by atomic mass is 10.0. The van der Waals surface area contributed by atoms with Crippen LogP contribution in [0, 0.1) is 0 Å². The molecule has 0 spiro atoms. The molecular weight excluding hydrogens is 489 g/mol. The molecule has 3 rings (SSSR count). The van der Waals surface area contributed by atoms with Crippen molar-refractivity contribution in [3.63, 3.8) is 0 Å². The molecule has 1 N–H and O–H groups in total. The largest absolute Gasteiger partial charge is 0.492 e. The monoisotopic (exact) mass is 515 g/mol. The van der Waals surface area contributed by atoms with E-state index in [9.17, 15) is 8.42 Å². The summed E-state index contributed by atoms with van der Waals surface area (Å²) in [6, 6.07) is 15.0. The topological polar surface area (TPSA) is 71.0 Å². The maximum Gasteiger partial charge on any atom is 0.194 e. The lowest BCUT2D eigenvalue weighted by Crippen LogP contribution is -2.45. The Morgan fingerprint density at radius 2 is 1.82 bits per heavy atom. The number of hydrogen-bond donors (Lipinski definition) is 1. The molecule has 0 saturated carbocycles. The average molecular weight is 515 g/mol. The Kier molecular flexibility index (Phi) is 8.11. The van der Waals surface area contributed by atoms with Crippen LogP contribution in [0.4, 0.5) is 0 Å². The number of rotatable bonds is 5. The third kappa shape index (κ3) is 5.84. The van der Waals surface area contributed by atoms with Gasteiger partial charge in [-0.1, -0.05) is 24.3 Å². The van der Waals surface area contributed by atoms with E-state index in [0.717, 1.165) is 25.5 Å². The summed E-state index contributed by atoms with van der Waals surface area (Å²) >= 11 is 0. The summed E-state index contributed by atoms with van der Waals surface area (Å²) in [5.41, 5.74) is 2.75. The van der Waals surface area contributed by atoms with Gasteiger partial charge in [0.25, 0.3) is 0 Å². The molecule has 0 saturated heterocycles. The van der Waals surface area contributed by atoms with Gasteiger partial charge in [-0.05, 0) is 41.8 Å². The maximum atomic E-state index is 11.5. The summed E-state index contributed by atoms with van der Waals surface area (Å²) in [7, 11) is -1.40. The third-order valence-electron chi connectivity index (χ3n) is 4.55. The number of nitrogens with zero attached hydrogens (tertiary/aromatic N) is 2. The number of aliphatic imine (C=N–C) groups is 1. The van der Waals surface area contributed by atoms with Gasteiger partial charge in [-0.3, -0.25) is 4.99 Å². The number of sulfone groups is 1. The SMILES string of the molecule is CN=C(NCCOc1ccc(S(C)(=O)=O)cc1)N1CCc2ccccc2C1.I. The van der Waals surface area contributed by atoms with Crippen molar-refractivity contribution in [3.05, 3.63) is 59.7 Å². The molecule has 6 nitrogen and oxygen atoms in total. The fraction of sp³-hybridized carbons (Fsp3) is 0.350. The Labute approximate surface area is 183 Å². The van der Waals surface area contributed by atoms with Crippen LogP contribution in [0.2, 0.25) is 0 Å². The van der Waals surface area contributed by atoms with Gasteiger partial charge in [-0.15, -0.1) is 24.0 Å². The highest BCUT2D eigenvalue weighted by atomic mass is 127. The normalized spacial score (nSPS) is 14.1. The standard InChI is InChI=1S/C20H25N3O3S.HI/c1-21-20(23-13-11-16-5-3-4-6-17(16)15-23)22-12-14-26-18-7-9-19(10-8-18)27(2,24)25;/h3-10H,11-15H2,1-2H3,(H,21,22);1H. The van der Waals surface area contributed by atoms with E-state index in [1.54, 1.807) is 31.3 Å². The van der Waals surface area contributed by atoms with Crippen molar-refractivity contribution in [2.75, 3.05) is 33.0 Å². The molecule has 1 aliphatic rings. The first-order valence-electron chi connectivity index (χ1n) is 8.92. The first-order valence-corrected chi connectivity index (χ1v) is 10.8. The minimum Gasteiger partial charge on any atom is -0.492 e. The van der Waals surface area contributed by atoms with Crippen molar-refractivity contribution in [1.82, 2.24) is 10.2 Å². The van der Waals surface area contributed by atoms with Crippen LogP contribution in [0.15, 0.2) is 58.4 Å². The van der Waals surface area contributed by atoms with E-state index in [1.807, 2.05) is 0 Å². The summed E-state index contributed by atoms with van der Waals surface area (Å²) in [4.78, 5) is 6.91. The Hall–Kier alpha value is -1.81. The number of hydrogen-bond acceptors (Lipinski definition) is 4. The first-order chi connectivity index (χ1) is 13.0. The van der Waals surface area contributed by atoms with E-state index in [-0.39, 0.29) is 24.0 Å². The van der Waals surface area contributed by atoms with Gasteiger partial charge in [0.15, 0.2) is 15.8 Å². The second-order valence-electron chi connectivity index (χ2n) is 6.51. The van der Waals surface area contributed by atoms with Crippen LogP contribution in [0.1, 0.15) is 11.1 Å². The molecule has 8 heteroatoms. The van der Waals surface area contributed by atoms with Gasteiger partial charge >= 0.3 is 0 Å². The van der Waals surface area contributed by atoms with E-state index < -0.39 is 9.84 Å². The summed E-state index contributed by atoms with van der Waals surface area (Å²) in [6.07, 6.45) is 2.21. The summed E-state index contributed by atoms with van der Waals surface area (Å²) < 4.78 is 28.6. The molecule has 152 valence electrons. The highest BCUT2D eigenvalue weighted by Crippen LogP contribution is 2.18. The molecule has 1 heterocycles. The fourth-order valence-corrected chi connectivity index (χ4v) is 3.75. The molecule has 0 atom stereocenters. The van der Waals surface area contributed by atoms with Gasteiger partial charge in [0, 0.05) is 26.4 Å². The molecule has 0 unspecified atom stereocenters. The zero-order chi connectivity index (χ0) is 19.3. The van der Waals surface area contributed by atoms with Crippen molar-refractivity contribution in [2.24, 2.45) is 4.99 Å². The smallest absolute Gasteiger partial charge is 0.194 e.